The van der Waals surface area contributed by atoms with Crippen LogP contribution in [0.1, 0.15) is 17.9 Å². The largest absolute Gasteiger partial charge is 0.473 e. The molecule has 1 atom stereocenters. The first-order valence-electron chi connectivity index (χ1n) is 9.36. The van der Waals surface area contributed by atoms with Crippen LogP contribution in [0.5, 0.6) is 5.88 Å². The molecule has 0 amide bonds. The van der Waals surface area contributed by atoms with Gasteiger partial charge in [-0.2, -0.15) is 22.5 Å². The molecule has 0 bridgehead atoms. The lowest BCUT2D eigenvalue weighted by Gasteiger charge is -2.17. The molecule has 0 unspecified atom stereocenters. The molecule has 3 heterocycles. The maximum Gasteiger partial charge on any atom is 0.471 e. The first kappa shape index (κ1) is 22.5. The molecule has 13 heteroatoms. The number of pyridine rings is 1. The third-order valence-corrected chi connectivity index (χ3v) is 6.78. The third-order valence-electron chi connectivity index (χ3n) is 4.71. The zero-order valence-electron chi connectivity index (χ0n) is 16.3. The molecule has 1 aliphatic heterocycles. The van der Waals surface area contributed by atoms with Crippen LogP contribution in [0.25, 0.3) is 11.4 Å². The minimum atomic E-state index is -4.73. The van der Waals surface area contributed by atoms with Gasteiger partial charge in [-0.25, -0.2) is 13.4 Å². The summed E-state index contributed by atoms with van der Waals surface area (Å²) in [6, 6.07) is 9.49. The molecular formula is C19H16ClF3N4O4S. The SMILES string of the molecule is O=S(=O)(Cc1ccc(Cl)cc1)N1CC[C@@H](Oc2ccc(-c3noc(C(F)(F)F)n3)cn2)C1. The number of hydrogen-bond donors (Lipinski definition) is 0. The van der Waals surface area contributed by atoms with Gasteiger partial charge in [0.15, 0.2) is 0 Å². The van der Waals surface area contributed by atoms with E-state index in [4.69, 9.17) is 16.3 Å². The van der Waals surface area contributed by atoms with Crippen LogP contribution < -0.4 is 4.74 Å². The summed E-state index contributed by atoms with van der Waals surface area (Å²) in [5.41, 5.74) is 0.848. The number of aromatic nitrogens is 3. The van der Waals surface area contributed by atoms with Crippen LogP contribution in [0.15, 0.2) is 47.1 Å². The predicted octanol–water partition coefficient (Wildman–Crippen LogP) is 3.79. The highest BCUT2D eigenvalue weighted by Crippen LogP contribution is 2.29. The van der Waals surface area contributed by atoms with Gasteiger partial charge in [-0.15, -0.1) is 0 Å². The number of sulfonamides is 1. The van der Waals surface area contributed by atoms with E-state index >= 15 is 0 Å². The first-order valence-corrected chi connectivity index (χ1v) is 11.4. The van der Waals surface area contributed by atoms with Gasteiger partial charge in [0.25, 0.3) is 0 Å². The Labute approximate surface area is 186 Å². The number of rotatable bonds is 6. The molecule has 1 fully saturated rings. The molecule has 0 spiro atoms. The van der Waals surface area contributed by atoms with Gasteiger partial charge < -0.3 is 9.26 Å². The lowest BCUT2D eigenvalue weighted by Crippen LogP contribution is -2.32. The molecular weight excluding hydrogens is 473 g/mol. The molecule has 1 aromatic carbocycles. The molecule has 3 aromatic rings. The Hall–Kier alpha value is -2.70. The lowest BCUT2D eigenvalue weighted by molar-refractivity contribution is -0.159. The predicted molar refractivity (Wildman–Crippen MR) is 107 cm³/mol. The van der Waals surface area contributed by atoms with Gasteiger partial charge in [0.1, 0.15) is 6.10 Å². The number of nitrogens with zero attached hydrogens (tertiary/aromatic N) is 4. The molecule has 1 aliphatic rings. The Kier molecular flexibility index (Phi) is 6.10. The standard InChI is InChI=1S/C19H16ClF3N4O4S/c20-14-4-1-12(2-5-14)11-32(28,29)27-8-7-15(10-27)30-16-6-3-13(9-24-16)17-25-18(31-26-17)19(21,22)23/h1-6,9,15H,7-8,10-11H2/t15-/m1/s1. The highest BCUT2D eigenvalue weighted by atomic mass is 35.5. The fourth-order valence-corrected chi connectivity index (χ4v) is 4.84. The fourth-order valence-electron chi connectivity index (χ4n) is 3.14. The van der Waals surface area contributed by atoms with Gasteiger partial charge in [0.05, 0.1) is 12.3 Å². The molecule has 1 saturated heterocycles. The minimum absolute atomic E-state index is 0.144. The van der Waals surface area contributed by atoms with Crippen molar-refractivity contribution in [1.29, 1.82) is 0 Å². The second-order valence-electron chi connectivity index (χ2n) is 7.08. The van der Waals surface area contributed by atoms with Gasteiger partial charge in [0, 0.05) is 29.4 Å². The van der Waals surface area contributed by atoms with Gasteiger partial charge in [-0.05, 0) is 30.2 Å². The molecule has 2 aromatic heterocycles. The molecule has 0 aliphatic carbocycles. The van der Waals surface area contributed by atoms with E-state index in [1.807, 2.05) is 0 Å². The number of benzene rings is 1. The molecule has 4 rings (SSSR count). The second-order valence-corrected chi connectivity index (χ2v) is 9.48. The molecule has 170 valence electrons. The highest BCUT2D eigenvalue weighted by molar-refractivity contribution is 7.88. The van der Waals surface area contributed by atoms with Crippen molar-refractivity contribution >= 4 is 21.6 Å². The average Bonchev–Trinajstić information content (AvgIpc) is 3.40. The van der Waals surface area contributed by atoms with E-state index in [-0.39, 0.29) is 29.6 Å². The van der Waals surface area contributed by atoms with Crippen LogP contribution in [0.3, 0.4) is 0 Å². The van der Waals surface area contributed by atoms with Crippen molar-refractivity contribution in [2.45, 2.75) is 24.5 Å². The van der Waals surface area contributed by atoms with Crippen molar-refractivity contribution in [3.05, 3.63) is 59.1 Å². The quantitative estimate of drug-likeness (QED) is 0.520. The van der Waals surface area contributed by atoms with Crippen molar-refractivity contribution in [2.75, 3.05) is 13.1 Å². The summed E-state index contributed by atoms with van der Waals surface area (Å²) in [5, 5.41) is 3.82. The van der Waals surface area contributed by atoms with E-state index in [2.05, 4.69) is 19.6 Å². The summed E-state index contributed by atoms with van der Waals surface area (Å²) in [6.45, 7) is 0.473. The van der Waals surface area contributed by atoms with Crippen molar-refractivity contribution in [3.63, 3.8) is 0 Å². The Morgan fingerprint density at radius 2 is 1.94 bits per heavy atom. The molecule has 8 nitrogen and oxygen atoms in total. The van der Waals surface area contributed by atoms with E-state index in [1.54, 1.807) is 24.3 Å². The second kappa shape index (κ2) is 8.68. The monoisotopic (exact) mass is 488 g/mol. The third kappa shape index (κ3) is 5.19. The normalized spacial score (nSPS) is 17.6. The maximum absolute atomic E-state index is 12.7. The number of hydrogen-bond acceptors (Lipinski definition) is 7. The topological polar surface area (TPSA) is 98.4 Å². The zero-order chi connectivity index (χ0) is 22.9. The van der Waals surface area contributed by atoms with Crippen LogP contribution in [-0.4, -0.2) is 47.0 Å². The van der Waals surface area contributed by atoms with Crippen molar-refractivity contribution in [2.24, 2.45) is 0 Å². The van der Waals surface area contributed by atoms with Crippen molar-refractivity contribution < 1.29 is 30.8 Å². The van der Waals surface area contributed by atoms with Crippen LogP contribution in [0.2, 0.25) is 5.02 Å². The van der Waals surface area contributed by atoms with Crippen LogP contribution in [0.4, 0.5) is 13.2 Å². The van der Waals surface area contributed by atoms with Gasteiger partial charge in [-0.1, -0.05) is 28.9 Å². The lowest BCUT2D eigenvalue weighted by atomic mass is 10.2. The zero-order valence-corrected chi connectivity index (χ0v) is 17.9. The molecule has 0 radical (unpaired) electrons. The van der Waals surface area contributed by atoms with Gasteiger partial charge in [-0.3, -0.25) is 0 Å². The summed E-state index contributed by atoms with van der Waals surface area (Å²) in [6.07, 6.45) is -3.41. The van der Waals surface area contributed by atoms with Crippen molar-refractivity contribution in [1.82, 2.24) is 19.4 Å². The van der Waals surface area contributed by atoms with E-state index in [1.165, 1.54) is 22.6 Å². The minimum Gasteiger partial charge on any atom is -0.473 e. The van der Waals surface area contributed by atoms with E-state index < -0.39 is 28.2 Å². The average molecular weight is 489 g/mol. The Balaban J connectivity index is 1.36. The van der Waals surface area contributed by atoms with E-state index in [0.29, 0.717) is 23.6 Å². The van der Waals surface area contributed by atoms with E-state index in [9.17, 15) is 21.6 Å². The summed E-state index contributed by atoms with van der Waals surface area (Å²) in [7, 11) is -3.53. The number of halogens is 4. The Morgan fingerprint density at radius 3 is 2.56 bits per heavy atom. The smallest absolute Gasteiger partial charge is 0.471 e. The molecule has 32 heavy (non-hydrogen) atoms. The summed E-state index contributed by atoms with van der Waals surface area (Å²) in [5.74, 6) is -1.64. The Bertz CT molecular complexity index is 1180. The maximum atomic E-state index is 12.7. The number of ether oxygens (including phenoxy) is 1. The highest BCUT2D eigenvalue weighted by Gasteiger charge is 2.38. The molecule has 0 saturated carbocycles. The van der Waals surface area contributed by atoms with Crippen LogP contribution in [-0.2, 0) is 22.0 Å². The van der Waals surface area contributed by atoms with Crippen LogP contribution in [0, 0.1) is 0 Å². The van der Waals surface area contributed by atoms with Gasteiger partial charge in [0.2, 0.25) is 21.7 Å². The van der Waals surface area contributed by atoms with Crippen LogP contribution >= 0.6 is 11.6 Å². The summed E-state index contributed by atoms with van der Waals surface area (Å²) in [4.78, 5) is 7.34. The summed E-state index contributed by atoms with van der Waals surface area (Å²) < 4.78 is 74.4. The molecule has 0 N–H and O–H groups in total. The summed E-state index contributed by atoms with van der Waals surface area (Å²) >= 11 is 5.83. The number of alkyl halides is 3. The first-order chi connectivity index (χ1) is 15.1. The van der Waals surface area contributed by atoms with Gasteiger partial charge >= 0.3 is 12.1 Å². The van der Waals surface area contributed by atoms with Crippen molar-refractivity contribution in [3.8, 4) is 17.3 Å². The van der Waals surface area contributed by atoms with E-state index in [0.717, 1.165) is 0 Å². The fraction of sp³-hybridized carbons (Fsp3) is 0.316. The Morgan fingerprint density at radius 1 is 1.19 bits per heavy atom.